The molecule has 2 aromatic rings. The van der Waals surface area contributed by atoms with Gasteiger partial charge in [0.2, 0.25) is 0 Å². The van der Waals surface area contributed by atoms with Gasteiger partial charge in [-0.15, -0.1) is 0 Å². The summed E-state index contributed by atoms with van der Waals surface area (Å²) in [7, 11) is 0. The number of para-hydroxylation sites is 1. The summed E-state index contributed by atoms with van der Waals surface area (Å²) < 4.78 is 13.3. The van der Waals surface area contributed by atoms with E-state index in [4.69, 9.17) is 20.3 Å². The zero-order valence-electron chi connectivity index (χ0n) is 18.3. The lowest BCUT2D eigenvalue weighted by Crippen LogP contribution is -2.39. The number of nitrogens with zero attached hydrogens (tertiary/aromatic N) is 3. The van der Waals surface area contributed by atoms with Gasteiger partial charge in [0.15, 0.2) is 0 Å². The molecule has 0 saturated carbocycles. The molecule has 0 bridgehead atoms. The molecule has 7 nitrogen and oxygen atoms in total. The average molecular weight is 401 g/mol. The number of ether oxygens (including phenoxy) is 2. The number of fused-ring (bicyclic) bond motifs is 1. The van der Waals surface area contributed by atoms with Gasteiger partial charge in [0.25, 0.3) is 0 Å². The Morgan fingerprint density at radius 2 is 2.03 bits per heavy atom. The highest BCUT2D eigenvalue weighted by molar-refractivity contribution is 5.69. The van der Waals surface area contributed by atoms with Gasteiger partial charge in [0.05, 0.1) is 18.8 Å². The molecule has 2 heterocycles. The first-order valence-corrected chi connectivity index (χ1v) is 10.1. The maximum absolute atomic E-state index is 12.5. The van der Waals surface area contributed by atoms with Crippen LogP contribution >= 0.6 is 0 Å². The molecule has 7 heteroatoms. The number of anilines is 1. The highest BCUT2D eigenvalue weighted by atomic mass is 16.6. The van der Waals surface area contributed by atoms with E-state index in [1.165, 1.54) is 0 Å². The van der Waals surface area contributed by atoms with Crippen molar-refractivity contribution in [2.75, 3.05) is 18.9 Å². The van der Waals surface area contributed by atoms with Crippen molar-refractivity contribution < 1.29 is 14.3 Å². The summed E-state index contributed by atoms with van der Waals surface area (Å²) in [5.41, 5.74) is 9.65. The number of aromatic nitrogens is 2. The number of nitrogens with two attached hydrogens (primary N) is 1. The van der Waals surface area contributed by atoms with Crippen molar-refractivity contribution in [2.24, 2.45) is 5.92 Å². The number of nitrogen functional groups attached to an aromatic ring is 1. The molecule has 0 fully saturated rings. The second-order valence-electron chi connectivity index (χ2n) is 9.00. The number of hydrogen-bond donors (Lipinski definition) is 1. The summed E-state index contributed by atoms with van der Waals surface area (Å²) in [5, 5.41) is 4.77. The van der Waals surface area contributed by atoms with Crippen molar-refractivity contribution in [1.29, 1.82) is 0 Å². The van der Waals surface area contributed by atoms with Crippen molar-refractivity contribution >= 4 is 11.9 Å². The van der Waals surface area contributed by atoms with Gasteiger partial charge in [-0.25, -0.2) is 9.48 Å². The number of aryl methyl sites for hydroxylation is 1. The van der Waals surface area contributed by atoms with E-state index in [9.17, 15) is 4.79 Å². The molecule has 2 N–H and O–H groups in total. The largest absolute Gasteiger partial charge is 0.491 e. The summed E-state index contributed by atoms with van der Waals surface area (Å²) in [6.07, 6.45) is 0.312. The summed E-state index contributed by atoms with van der Waals surface area (Å²) in [5.74, 6) is 1.71. The molecule has 0 spiro atoms. The molecule has 3 rings (SSSR count). The van der Waals surface area contributed by atoms with Gasteiger partial charge in [-0.3, -0.25) is 0 Å². The van der Waals surface area contributed by atoms with Crippen LogP contribution in [-0.4, -0.2) is 39.5 Å². The molecule has 158 valence electrons. The number of carbonyl (C=O) groups excluding carboxylic acids is 1. The molecule has 0 radical (unpaired) electrons. The number of carbonyl (C=O) groups is 1. The van der Waals surface area contributed by atoms with Crippen LogP contribution in [0.5, 0.6) is 5.75 Å². The Balaban J connectivity index is 1.92. The van der Waals surface area contributed by atoms with Crippen LogP contribution in [-0.2, 0) is 17.7 Å². The molecule has 0 unspecified atom stereocenters. The number of hydrogen-bond acceptors (Lipinski definition) is 5. The Morgan fingerprint density at radius 1 is 1.31 bits per heavy atom. The predicted octanol–water partition coefficient (Wildman–Crippen LogP) is 4.09. The smallest absolute Gasteiger partial charge is 0.410 e. The van der Waals surface area contributed by atoms with E-state index in [1.807, 2.05) is 45.9 Å². The number of rotatable bonds is 4. The van der Waals surface area contributed by atoms with Gasteiger partial charge < -0.3 is 20.1 Å². The maximum atomic E-state index is 12.5. The number of amides is 1. The van der Waals surface area contributed by atoms with E-state index >= 15 is 0 Å². The molecule has 0 saturated heterocycles. The summed E-state index contributed by atoms with van der Waals surface area (Å²) in [4.78, 5) is 14.2. The first-order chi connectivity index (χ1) is 13.6. The van der Waals surface area contributed by atoms with E-state index in [0.717, 1.165) is 28.3 Å². The van der Waals surface area contributed by atoms with Crippen LogP contribution in [0, 0.1) is 12.8 Å². The first kappa shape index (κ1) is 21.0. The third kappa shape index (κ3) is 4.66. The van der Waals surface area contributed by atoms with Crippen LogP contribution in [0.25, 0.3) is 5.69 Å². The van der Waals surface area contributed by atoms with Crippen molar-refractivity contribution in [3.8, 4) is 11.4 Å². The molecule has 0 atom stereocenters. The van der Waals surface area contributed by atoms with Crippen LogP contribution in [0.15, 0.2) is 18.2 Å². The zero-order chi connectivity index (χ0) is 21.3. The van der Waals surface area contributed by atoms with Crippen molar-refractivity contribution in [1.82, 2.24) is 14.7 Å². The molecular formula is C22H32N4O3. The van der Waals surface area contributed by atoms with Crippen molar-refractivity contribution in [3.63, 3.8) is 0 Å². The summed E-state index contributed by atoms with van der Waals surface area (Å²) in [6.45, 7) is 13.4. The zero-order valence-corrected chi connectivity index (χ0v) is 18.3. The van der Waals surface area contributed by atoms with Crippen LogP contribution in [0.2, 0.25) is 0 Å². The molecule has 1 aliphatic heterocycles. The molecule has 0 aliphatic carbocycles. The lowest BCUT2D eigenvalue weighted by molar-refractivity contribution is 0.0224. The first-order valence-electron chi connectivity index (χ1n) is 10.1. The minimum Gasteiger partial charge on any atom is -0.491 e. The monoisotopic (exact) mass is 400 g/mol. The minimum atomic E-state index is -0.531. The Kier molecular flexibility index (Phi) is 5.78. The highest BCUT2D eigenvalue weighted by Crippen LogP contribution is 2.33. The third-order valence-electron chi connectivity index (χ3n) is 4.71. The lowest BCUT2D eigenvalue weighted by atomic mass is 10.1. The number of benzene rings is 1. The Labute approximate surface area is 172 Å². The fourth-order valence-electron chi connectivity index (χ4n) is 3.32. The molecular weight excluding hydrogens is 368 g/mol. The SMILES string of the molecule is Cc1cccc(OCC(C)C)c1-n1nc2c(c1N)CN(C(=O)OC(C)(C)C)CC2. The van der Waals surface area contributed by atoms with E-state index < -0.39 is 5.60 Å². The van der Waals surface area contributed by atoms with Gasteiger partial charge in [0.1, 0.15) is 22.9 Å². The molecule has 1 aromatic heterocycles. The van der Waals surface area contributed by atoms with Crippen molar-refractivity contribution in [2.45, 2.75) is 60.1 Å². The second-order valence-corrected chi connectivity index (χ2v) is 9.00. The van der Waals surface area contributed by atoms with Gasteiger partial charge in [0, 0.05) is 18.5 Å². The van der Waals surface area contributed by atoms with Crippen LogP contribution in [0.1, 0.15) is 51.4 Å². The third-order valence-corrected chi connectivity index (χ3v) is 4.71. The van der Waals surface area contributed by atoms with Gasteiger partial charge in [-0.05, 0) is 45.2 Å². The van der Waals surface area contributed by atoms with Gasteiger partial charge >= 0.3 is 6.09 Å². The fourth-order valence-corrected chi connectivity index (χ4v) is 3.32. The lowest BCUT2D eigenvalue weighted by Gasteiger charge is -2.29. The fraction of sp³-hybridized carbons (Fsp3) is 0.545. The van der Waals surface area contributed by atoms with E-state index in [-0.39, 0.29) is 6.09 Å². The molecule has 29 heavy (non-hydrogen) atoms. The quantitative estimate of drug-likeness (QED) is 0.836. The Bertz CT molecular complexity index is 896. The topological polar surface area (TPSA) is 82.6 Å². The highest BCUT2D eigenvalue weighted by Gasteiger charge is 2.30. The second kappa shape index (κ2) is 7.97. The molecule has 1 aromatic carbocycles. The molecule has 1 aliphatic rings. The Hall–Kier alpha value is -2.70. The van der Waals surface area contributed by atoms with Crippen LogP contribution in [0.3, 0.4) is 0 Å². The van der Waals surface area contributed by atoms with Crippen LogP contribution < -0.4 is 10.5 Å². The summed E-state index contributed by atoms with van der Waals surface area (Å²) >= 11 is 0. The predicted molar refractivity (Wildman–Crippen MR) is 113 cm³/mol. The maximum Gasteiger partial charge on any atom is 0.410 e. The standard InChI is InChI=1S/C22H32N4O3/c1-14(2)13-28-18-9-7-8-15(3)19(18)26-20(23)16-12-25(11-10-17(16)24-26)21(27)29-22(4,5)6/h7-9,14H,10-13,23H2,1-6H3. The molecule has 1 amide bonds. The van der Waals surface area contributed by atoms with E-state index in [2.05, 4.69) is 13.8 Å². The minimum absolute atomic E-state index is 0.327. The normalized spacial score (nSPS) is 14.1. The van der Waals surface area contributed by atoms with Gasteiger partial charge in [-0.2, -0.15) is 5.10 Å². The van der Waals surface area contributed by atoms with Gasteiger partial charge in [-0.1, -0.05) is 26.0 Å². The Morgan fingerprint density at radius 3 is 2.69 bits per heavy atom. The van der Waals surface area contributed by atoms with Crippen molar-refractivity contribution in [3.05, 3.63) is 35.0 Å². The summed E-state index contributed by atoms with van der Waals surface area (Å²) in [6, 6.07) is 5.93. The van der Waals surface area contributed by atoms with Crippen LogP contribution in [0.4, 0.5) is 10.6 Å². The van der Waals surface area contributed by atoms with E-state index in [0.29, 0.717) is 37.9 Å². The van der Waals surface area contributed by atoms with E-state index in [1.54, 1.807) is 9.58 Å². The average Bonchev–Trinajstić information content (AvgIpc) is 2.94.